The number of rotatable bonds is 5. The van der Waals surface area contributed by atoms with E-state index in [2.05, 4.69) is 10.6 Å². The van der Waals surface area contributed by atoms with Gasteiger partial charge in [0.1, 0.15) is 0 Å². The lowest BCUT2D eigenvalue weighted by Crippen LogP contribution is -2.55. The summed E-state index contributed by atoms with van der Waals surface area (Å²) in [5.41, 5.74) is -2.53. The Balaban J connectivity index is 1.45. The molecule has 1 heterocycles. The van der Waals surface area contributed by atoms with E-state index in [9.17, 15) is 40.7 Å². The van der Waals surface area contributed by atoms with Crippen LogP contribution in [0.2, 0.25) is 0 Å². The minimum absolute atomic E-state index is 0.0261. The zero-order valence-electron chi connectivity index (χ0n) is 22.4. The van der Waals surface area contributed by atoms with Gasteiger partial charge in [-0.15, -0.1) is 0 Å². The highest BCUT2D eigenvalue weighted by molar-refractivity contribution is 5.96. The first kappa shape index (κ1) is 30.4. The van der Waals surface area contributed by atoms with Gasteiger partial charge in [-0.2, -0.15) is 26.3 Å². The minimum Gasteiger partial charge on any atom is -0.351 e. The number of alkyl halides is 6. The maximum absolute atomic E-state index is 13.3. The summed E-state index contributed by atoms with van der Waals surface area (Å²) in [7, 11) is 0. The Labute approximate surface area is 233 Å². The largest absolute Gasteiger partial charge is 0.416 e. The molecule has 2 aromatic rings. The minimum atomic E-state index is -5.08. The van der Waals surface area contributed by atoms with Gasteiger partial charge < -0.3 is 15.5 Å². The molecule has 2 aliphatic rings. The van der Waals surface area contributed by atoms with Crippen molar-refractivity contribution in [2.45, 2.75) is 69.9 Å². The molecule has 6 nitrogen and oxygen atoms in total. The van der Waals surface area contributed by atoms with Gasteiger partial charge in [-0.3, -0.25) is 14.4 Å². The summed E-state index contributed by atoms with van der Waals surface area (Å²) in [6.45, 7) is 1.78. The number of piperidine rings is 1. The van der Waals surface area contributed by atoms with E-state index in [1.54, 1.807) is 12.1 Å². The Morgan fingerprint density at radius 2 is 1.39 bits per heavy atom. The monoisotopic (exact) mass is 583 g/mol. The lowest BCUT2D eigenvalue weighted by Gasteiger charge is -2.36. The van der Waals surface area contributed by atoms with Crippen LogP contribution in [0.25, 0.3) is 0 Å². The van der Waals surface area contributed by atoms with Crippen molar-refractivity contribution < 1.29 is 40.7 Å². The Morgan fingerprint density at radius 3 is 1.98 bits per heavy atom. The Bertz CT molecular complexity index is 1260. The number of likely N-dealkylation sites (tertiary alicyclic amines) is 1. The van der Waals surface area contributed by atoms with Crippen LogP contribution in [0.5, 0.6) is 0 Å². The third-order valence-electron chi connectivity index (χ3n) is 7.71. The van der Waals surface area contributed by atoms with Crippen molar-refractivity contribution in [3.8, 4) is 0 Å². The van der Waals surface area contributed by atoms with Gasteiger partial charge in [0.25, 0.3) is 11.8 Å². The lowest BCUT2D eigenvalue weighted by molar-refractivity contribution is -0.143. The molecule has 2 N–H and O–H groups in total. The van der Waals surface area contributed by atoms with Crippen LogP contribution < -0.4 is 10.6 Å². The second kappa shape index (κ2) is 12.1. The van der Waals surface area contributed by atoms with Crippen LogP contribution in [0.15, 0.2) is 42.5 Å². The molecule has 1 aliphatic carbocycles. The number of amides is 3. The number of benzene rings is 2. The topological polar surface area (TPSA) is 78.5 Å². The normalized spacial score (nSPS) is 21.7. The summed E-state index contributed by atoms with van der Waals surface area (Å²) in [6, 6.07) is 7.26. The molecule has 0 spiro atoms. The highest BCUT2D eigenvalue weighted by atomic mass is 19.4. The van der Waals surface area contributed by atoms with E-state index in [4.69, 9.17) is 0 Å². The number of carbonyl (C=O) groups is 3. The van der Waals surface area contributed by atoms with Crippen LogP contribution in [0.4, 0.5) is 26.3 Å². The van der Waals surface area contributed by atoms with E-state index in [1.807, 2.05) is 19.1 Å². The zero-order valence-corrected chi connectivity index (χ0v) is 22.4. The maximum atomic E-state index is 13.3. The highest BCUT2D eigenvalue weighted by Crippen LogP contribution is 2.37. The van der Waals surface area contributed by atoms with Crippen molar-refractivity contribution in [3.63, 3.8) is 0 Å². The molecule has 0 radical (unpaired) electrons. The van der Waals surface area contributed by atoms with Crippen molar-refractivity contribution in [1.29, 1.82) is 0 Å². The Morgan fingerprint density at radius 1 is 0.805 bits per heavy atom. The van der Waals surface area contributed by atoms with E-state index >= 15 is 0 Å². The molecule has 12 heteroatoms. The molecule has 2 aromatic carbocycles. The third kappa shape index (κ3) is 7.39. The van der Waals surface area contributed by atoms with Gasteiger partial charge in [0.05, 0.1) is 17.0 Å². The number of hydrogen-bond acceptors (Lipinski definition) is 3. The van der Waals surface area contributed by atoms with Crippen LogP contribution >= 0.6 is 0 Å². The van der Waals surface area contributed by atoms with Gasteiger partial charge in [-0.25, -0.2) is 0 Å². The number of carbonyl (C=O) groups excluding carboxylic acids is 3. The number of nitrogens with zero attached hydrogens (tertiary/aromatic N) is 1. The number of aryl methyl sites for hydroxylation is 1. The van der Waals surface area contributed by atoms with E-state index in [0.717, 1.165) is 23.3 Å². The molecule has 0 aromatic heterocycles. The number of nitrogens with one attached hydrogen (secondary N) is 2. The molecule has 222 valence electrons. The maximum Gasteiger partial charge on any atom is 0.416 e. The molecular formula is C29H31F6N3O3. The van der Waals surface area contributed by atoms with Gasteiger partial charge in [0.15, 0.2) is 0 Å². The predicted octanol–water partition coefficient (Wildman–Crippen LogP) is 5.74. The molecule has 1 saturated carbocycles. The molecular weight excluding hydrogens is 552 g/mol. The quantitative estimate of drug-likeness (QED) is 0.441. The van der Waals surface area contributed by atoms with Crippen LogP contribution in [0, 0.1) is 12.8 Å². The molecule has 2 unspecified atom stereocenters. The molecule has 3 atom stereocenters. The van der Waals surface area contributed by atoms with Crippen molar-refractivity contribution in [1.82, 2.24) is 15.5 Å². The van der Waals surface area contributed by atoms with Crippen molar-refractivity contribution >= 4 is 17.7 Å². The highest BCUT2D eigenvalue weighted by Gasteiger charge is 2.39. The zero-order chi connectivity index (χ0) is 29.9. The number of halogens is 6. The summed E-state index contributed by atoms with van der Waals surface area (Å²) in [6.07, 6.45) is -6.40. The van der Waals surface area contributed by atoms with Crippen LogP contribution in [0.1, 0.15) is 75.9 Å². The van der Waals surface area contributed by atoms with Gasteiger partial charge in [0, 0.05) is 36.3 Å². The fraction of sp³-hybridized carbons (Fsp3) is 0.483. The van der Waals surface area contributed by atoms with E-state index in [1.165, 1.54) is 0 Å². The molecule has 1 saturated heterocycles. The lowest BCUT2D eigenvalue weighted by atomic mass is 9.88. The Kier molecular flexibility index (Phi) is 8.98. The van der Waals surface area contributed by atoms with Gasteiger partial charge in [-0.05, 0) is 62.4 Å². The van der Waals surface area contributed by atoms with Crippen molar-refractivity contribution in [2.24, 2.45) is 5.92 Å². The summed E-state index contributed by atoms with van der Waals surface area (Å²) < 4.78 is 79.7. The third-order valence-corrected chi connectivity index (χ3v) is 7.71. The standard InChI is InChI=1S/C29H31F6N3O3/c1-17-7-2-3-9-22(17)26(40)37-24-11-5-4-10-23(24)36-25(39)18-8-6-12-38(16-18)27(41)19-13-20(28(30,31)32)15-21(14-19)29(33,34)35/h2-3,7,9,13-15,18,23-24H,4-6,8,10-12,16H2,1H3,(H,36,39)(H,37,40)/t18?,23?,24-/m1/s1. The second-order valence-corrected chi connectivity index (χ2v) is 10.7. The molecule has 4 rings (SSSR count). The van der Waals surface area contributed by atoms with Crippen LogP contribution in [0.3, 0.4) is 0 Å². The van der Waals surface area contributed by atoms with E-state index in [0.29, 0.717) is 43.4 Å². The fourth-order valence-corrected chi connectivity index (χ4v) is 5.49. The smallest absolute Gasteiger partial charge is 0.351 e. The van der Waals surface area contributed by atoms with Gasteiger partial charge >= 0.3 is 12.4 Å². The van der Waals surface area contributed by atoms with Gasteiger partial charge in [-0.1, -0.05) is 31.0 Å². The molecule has 1 aliphatic heterocycles. The average Bonchev–Trinajstić information content (AvgIpc) is 2.92. The fourth-order valence-electron chi connectivity index (χ4n) is 5.49. The average molecular weight is 584 g/mol. The SMILES string of the molecule is Cc1ccccc1C(=O)N[C@@H]1CCCCC1NC(=O)C1CCCN(C(=O)c2cc(C(F)(F)F)cc(C(F)(F)F)c2)C1. The van der Waals surface area contributed by atoms with Crippen molar-refractivity contribution in [2.75, 3.05) is 13.1 Å². The van der Waals surface area contributed by atoms with Crippen LogP contribution in [-0.2, 0) is 17.1 Å². The predicted molar refractivity (Wildman–Crippen MR) is 138 cm³/mol. The molecule has 2 fully saturated rings. The Hall–Kier alpha value is -3.57. The second-order valence-electron chi connectivity index (χ2n) is 10.7. The van der Waals surface area contributed by atoms with Crippen molar-refractivity contribution in [3.05, 3.63) is 70.3 Å². The van der Waals surface area contributed by atoms with E-state index in [-0.39, 0.29) is 43.1 Å². The first-order valence-electron chi connectivity index (χ1n) is 13.5. The summed E-state index contributed by atoms with van der Waals surface area (Å²) in [5.74, 6) is -2.32. The molecule has 41 heavy (non-hydrogen) atoms. The first-order valence-corrected chi connectivity index (χ1v) is 13.5. The summed E-state index contributed by atoms with van der Waals surface area (Å²) in [5, 5.41) is 5.99. The van der Waals surface area contributed by atoms with Crippen LogP contribution in [-0.4, -0.2) is 47.8 Å². The number of hydrogen-bond donors (Lipinski definition) is 2. The summed E-state index contributed by atoms with van der Waals surface area (Å²) >= 11 is 0. The van der Waals surface area contributed by atoms with Gasteiger partial charge in [0.2, 0.25) is 5.91 Å². The van der Waals surface area contributed by atoms with E-state index < -0.39 is 40.9 Å². The first-order chi connectivity index (χ1) is 19.2. The summed E-state index contributed by atoms with van der Waals surface area (Å²) in [4.78, 5) is 40.3. The molecule has 0 bridgehead atoms. The molecule has 3 amide bonds.